The van der Waals surface area contributed by atoms with Gasteiger partial charge >= 0.3 is 0 Å². The zero-order valence-corrected chi connectivity index (χ0v) is 12.7. The van der Waals surface area contributed by atoms with E-state index in [1.54, 1.807) is 0 Å². The van der Waals surface area contributed by atoms with Crippen molar-refractivity contribution in [2.75, 3.05) is 6.61 Å². The molecule has 3 atom stereocenters. The van der Waals surface area contributed by atoms with Crippen molar-refractivity contribution < 1.29 is 9.47 Å². The van der Waals surface area contributed by atoms with Crippen LogP contribution >= 0.6 is 0 Å². The molecule has 3 rings (SSSR count). The van der Waals surface area contributed by atoms with Gasteiger partial charge in [-0.2, -0.15) is 0 Å². The third-order valence-corrected chi connectivity index (χ3v) is 4.94. The molecule has 2 N–H and O–H groups in total. The van der Waals surface area contributed by atoms with E-state index >= 15 is 0 Å². The van der Waals surface area contributed by atoms with Crippen molar-refractivity contribution in [2.24, 2.45) is 5.73 Å². The fraction of sp³-hybridized carbons (Fsp3) is 0.647. The summed E-state index contributed by atoms with van der Waals surface area (Å²) in [7, 11) is 0. The van der Waals surface area contributed by atoms with Gasteiger partial charge in [-0.1, -0.05) is 24.6 Å². The maximum atomic E-state index is 6.43. The molecule has 0 amide bonds. The number of hydrogen-bond acceptors (Lipinski definition) is 3. The molecular formula is C17H25NO2. The summed E-state index contributed by atoms with van der Waals surface area (Å²) in [6, 6.07) is 6.40. The first-order valence-corrected chi connectivity index (χ1v) is 7.64. The van der Waals surface area contributed by atoms with E-state index in [0.29, 0.717) is 0 Å². The molecule has 3 nitrogen and oxygen atoms in total. The first-order chi connectivity index (χ1) is 9.45. The topological polar surface area (TPSA) is 44.5 Å². The Morgan fingerprint density at radius 2 is 2.20 bits per heavy atom. The van der Waals surface area contributed by atoms with Gasteiger partial charge in [0.2, 0.25) is 0 Å². The summed E-state index contributed by atoms with van der Waals surface area (Å²) in [6.45, 7) is 7.23. The number of benzene rings is 1. The molecule has 20 heavy (non-hydrogen) atoms. The van der Waals surface area contributed by atoms with Gasteiger partial charge in [0.05, 0.1) is 12.2 Å². The minimum Gasteiger partial charge on any atom is -0.487 e. The molecule has 2 aliphatic heterocycles. The summed E-state index contributed by atoms with van der Waals surface area (Å²) in [5, 5.41) is 0. The minimum atomic E-state index is -0.148. The molecule has 3 heteroatoms. The molecule has 2 unspecified atom stereocenters. The van der Waals surface area contributed by atoms with Crippen LogP contribution in [-0.2, 0) is 4.74 Å². The average molecular weight is 275 g/mol. The van der Waals surface area contributed by atoms with Gasteiger partial charge in [-0.15, -0.1) is 0 Å². The van der Waals surface area contributed by atoms with E-state index in [4.69, 9.17) is 15.2 Å². The van der Waals surface area contributed by atoms with Crippen LogP contribution in [0.2, 0.25) is 0 Å². The van der Waals surface area contributed by atoms with Gasteiger partial charge in [-0.3, -0.25) is 0 Å². The van der Waals surface area contributed by atoms with Gasteiger partial charge in [0.25, 0.3) is 0 Å². The summed E-state index contributed by atoms with van der Waals surface area (Å²) in [5.74, 6) is 0.967. The molecule has 2 aliphatic rings. The third-order valence-electron chi connectivity index (χ3n) is 4.94. The van der Waals surface area contributed by atoms with Crippen LogP contribution in [0.3, 0.4) is 0 Å². The van der Waals surface area contributed by atoms with E-state index in [-0.39, 0.29) is 17.2 Å². The summed E-state index contributed by atoms with van der Waals surface area (Å²) >= 11 is 0. The van der Waals surface area contributed by atoms with Crippen LogP contribution in [0.15, 0.2) is 18.2 Å². The maximum absolute atomic E-state index is 6.43. The van der Waals surface area contributed by atoms with Crippen molar-refractivity contribution in [1.82, 2.24) is 0 Å². The van der Waals surface area contributed by atoms with Crippen LogP contribution in [0.5, 0.6) is 5.75 Å². The second-order valence-electron chi connectivity index (χ2n) is 6.72. The van der Waals surface area contributed by atoms with E-state index in [1.165, 1.54) is 5.56 Å². The van der Waals surface area contributed by atoms with Crippen LogP contribution in [0.25, 0.3) is 0 Å². The monoisotopic (exact) mass is 275 g/mol. The van der Waals surface area contributed by atoms with Gasteiger partial charge in [0.15, 0.2) is 0 Å². The fourth-order valence-corrected chi connectivity index (χ4v) is 3.63. The summed E-state index contributed by atoms with van der Waals surface area (Å²) in [5.41, 5.74) is 8.59. The van der Waals surface area contributed by atoms with Crippen LogP contribution in [-0.4, -0.2) is 17.8 Å². The Morgan fingerprint density at radius 3 is 2.95 bits per heavy atom. The Morgan fingerprint density at radius 1 is 1.40 bits per heavy atom. The molecule has 0 radical (unpaired) electrons. The number of aryl methyl sites for hydroxylation is 1. The maximum Gasteiger partial charge on any atom is 0.124 e. The van der Waals surface area contributed by atoms with Crippen molar-refractivity contribution >= 4 is 0 Å². The molecule has 0 aliphatic carbocycles. The fourth-order valence-electron chi connectivity index (χ4n) is 3.63. The average Bonchev–Trinajstić information content (AvgIpc) is 2.40. The van der Waals surface area contributed by atoms with Crippen LogP contribution in [0.1, 0.15) is 56.7 Å². The van der Waals surface area contributed by atoms with E-state index in [2.05, 4.69) is 39.0 Å². The summed E-state index contributed by atoms with van der Waals surface area (Å²) < 4.78 is 12.4. The molecule has 1 fully saturated rings. The Hall–Kier alpha value is -1.06. The Balaban J connectivity index is 1.92. The Labute approximate surface area is 121 Å². The molecule has 1 spiro atoms. The van der Waals surface area contributed by atoms with Crippen molar-refractivity contribution in [3.63, 3.8) is 0 Å². The van der Waals surface area contributed by atoms with Crippen molar-refractivity contribution in [1.29, 1.82) is 0 Å². The lowest BCUT2D eigenvalue weighted by Crippen LogP contribution is -2.53. The molecule has 1 saturated heterocycles. The minimum absolute atomic E-state index is 0.0675. The quantitative estimate of drug-likeness (QED) is 0.853. The number of ether oxygens (including phenoxy) is 2. The standard InChI is InChI=1S/C17H25NO2/c1-4-16(3)11-17(7-8-19-16)10-14(18)13-9-12(2)5-6-15(13)20-17/h5-6,9,14H,4,7-8,10-11,18H2,1-3H3/t14-,16?,17?/m0/s1. The molecule has 110 valence electrons. The molecule has 0 bridgehead atoms. The number of rotatable bonds is 1. The highest BCUT2D eigenvalue weighted by Gasteiger charge is 2.47. The Bertz CT molecular complexity index is 516. The smallest absolute Gasteiger partial charge is 0.124 e. The van der Waals surface area contributed by atoms with Crippen molar-refractivity contribution in [3.05, 3.63) is 29.3 Å². The van der Waals surface area contributed by atoms with Gasteiger partial charge in [-0.25, -0.2) is 0 Å². The largest absolute Gasteiger partial charge is 0.487 e. The van der Waals surface area contributed by atoms with Gasteiger partial charge in [0.1, 0.15) is 11.4 Å². The second kappa shape index (κ2) is 4.74. The lowest BCUT2D eigenvalue weighted by molar-refractivity contribution is -0.151. The normalized spacial score (nSPS) is 36.5. The molecule has 0 saturated carbocycles. The van der Waals surface area contributed by atoms with Crippen LogP contribution in [0.4, 0.5) is 0 Å². The molecule has 1 aromatic rings. The molecule has 1 aromatic carbocycles. The molecule has 0 aromatic heterocycles. The zero-order valence-electron chi connectivity index (χ0n) is 12.7. The van der Waals surface area contributed by atoms with Gasteiger partial charge in [0, 0.05) is 30.9 Å². The van der Waals surface area contributed by atoms with Crippen LogP contribution in [0, 0.1) is 6.92 Å². The number of nitrogens with two attached hydrogens (primary N) is 1. The highest BCUT2D eigenvalue weighted by molar-refractivity contribution is 5.41. The Kier molecular flexibility index (Phi) is 3.30. The van der Waals surface area contributed by atoms with E-state index in [1.807, 2.05) is 0 Å². The lowest BCUT2D eigenvalue weighted by Gasteiger charge is -2.49. The summed E-state index contributed by atoms with van der Waals surface area (Å²) in [6.07, 6.45) is 3.76. The van der Waals surface area contributed by atoms with E-state index in [9.17, 15) is 0 Å². The highest BCUT2D eigenvalue weighted by Crippen LogP contribution is 2.47. The first kappa shape index (κ1) is 13.9. The predicted octanol–water partition coefficient (Wildman–Crippen LogP) is 3.50. The van der Waals surface area contributed by atoms with E-state index in [0.717, 1.165) is 43.6 Å². The highest BCUT2D eigenvalue weighted by atomic mass is 16.5. The summed E-state index contributed by atoms with van der Waals surface area (Å²) in [4.78, 5) is 0. The van der Waals surface area contributed by atoms with Gasteiger partial charge < -0.3 is 15.2 Å². The second-order valence-corrected chi connectivity index (χ2v) is 6.72. The molecule has 2 heterocycles. The zero-order chi connectivity index (χ0) is 14.4. The van der Waals surface area contributed by atoms with Gasteiger partial charge in [-0.05, 0) is 26.3 Å². The predicted molar refractivity (Wildman–Crippen MR) is 80.0 cm³/mol. The third kappa shape index (κ3) is 2.33. The van der Waals surface area contributed by atoms with Crippen molar-refractivity contribution in [2.45, 2.75) is 63.7 Å². The number of fused-ring (bicyclic) bond motifs is 1. The van der Waals surface area contributed by atoms with E-state index < -0.39 is 0 Å². The van der Waals surface area contributed by atoms with Crippen LogP contribution < -0.4 is 10.5 Å². The number of hydrogen-bond donors (Lipinski definition) is 1. The first-order valence-electron chi connectivity index (χ1n) is 7.64. The molecular weight excluding hydrogens is 250 g/mol. The SMILES string of the molecule is CCC1(C)CC2(CCO1)C[C@H](N)c1cc(C)ccc1O2. The van der Waals surface area contributed by atoms with Crippen molar-refractivity contribution in [3.8, 4) is 5.75 Å². The lowest BCUT2D eigenvalue weighted by atomic mass is 9.75.